The van der Waals surface area contributed by atoms with Crippen LogP contribution in [0.2, 0.25) is 0 Å². The Hall–Kier alpha value is -1.39. The molecular weight excluding hydrogens is 292 g/mol. The first-order valence-electron chi connectivity index (χ1n) is 5.73. The summed E-state index contributed by atoms with van der Waals surface area (Å²) in [6, 6.07) is 11.7. The zero-order valence-electron chi connectivity index (χ0n) is 10.4. The quantitative estimate of drug-likeness (QED) is 0.936. The highest BCUT2D eigenvalue weighted by atomic mass is 79.9. The molecule has 0 bridgehead atoms. The molecular formula is C14H15BrN2O. The summed E-state index contributed by atoms with van der Waals surface area (Å²) in [5, 5.41) is 3.07. The standard InChI is InChI=1S/C14H15BrN2O/c1-10-6-7-13(12(15)8-10)18-14-5-3-4-11(17-14)9-16-2/h3-8,16H,9H2,1-2H3. The SMILES string of the molecule is CNCc1cccc(Oc2ccc(C)cc2Br)n1. The number of hydrogen-bond acceptors (Lipinski definition) is 3. The van der Waals surface area contributed by atoms with Crippen LogP contribution >= 0.6 is 15.9 Å². The summed E-state index contributed by atoms with van der Waals surface area (Å²) in [6.07, 6.45) is 0. The maximum atomic E-state index is 5.77. The Balaban J connectivity index is 2.20. The molecule has 0 spiro atoms. The Morgan fingerprint density at radius 3 is 2.83 bits per heavy atom. The average molecular weight is 307 g/mol. The van der Waals surface area contributed by atoms with Crippen LogP contribution in [0.4, 0.5) is 0 Å². The first-order valence-corrected chi connectivity index (χ1v) is 6.53. The maximum Gasteiger partial charge on any atom is 0.219 e. The fourth-order valence-corrected chi connectivity index (χ4v) is 2.17. The van der Waals surface area contributed by atoms with E-state index >= 15 is 0 Å². The van der Waals surface area contributed by atoms with Crippen LogP contribution in [0.15, 0.2) is 40.9 Å². The van der Waals surface area contributed by atoms with E-state index in [0.29, 0.717) is 5.88 Å². The molecule has 0 atom stereocenters. The van der Waals surface area contributed by atoms with Gasteiger partial charge in [-0.1, -0.05) is 12.1 Å². The second kappa shape index (κ2) is 5.98. The van der Waals surface area contributed by atoms with Crippen molar-refractivity contribution >= 4 is 15.9 Å². The molecule has 1 aromatic carbocycles. The van der Waals surface area contributed by atoms with Gasteiger partial charge in [0.25, 0.3) is 0 Å². The number of benzene rings is 1. The molecule has 18 heavy (non-hydrogen) atoms. The van der Waals surface area contributed by atoms with Gasteiger partial charge in [-0.15, -0.1) is 0 Å². The number of pyridine rings is 1. The van der Waals surface area contributed by atoms with E-state index in [1.807, 2.05) is 50.4 Å². The highest BCUT2D eigenvalue weighted by Gasteiger charge is 2.04. The second-order valence-electron chi connectivity index (χ2n) is 4.03. The molecule has 4 heteroatoms. The molecule has 1 heterocycles. The van der Waals surface area contributed by atoms with Crippen LogP contribution in [-0.4, -0.2) is 12.0 Å². The lowest BCUT2D eigenvalue weighted by molar-refractivity contribution is 0.457. The smallest absolute Gasteiger partial charge is 0.219 e. The minimum atomic E-state index is 0.604. The molecule has 0 aliphatic heterocycles. The van der Waals surface area contributed by atoms with E-state index in [9.17, 15) is 0 Å². The molecule has 0 aliphatic carbocycles. The van der Waals surface area contributed by atoms with Gasteiger partial charge in [-0.05, 0) is 53.7 Å². The molecule has 1 N–H and O–H groups in total. The van der Waals surface area contributed by atoms with E-state index in [0.717, 1.165) is 22.5 Å². The lowest BCUT2D eigenvalue weighted by Crippen LogP contribution is -2.06. The summed E-state index contributed by atoms with van der Waals surface area (Å²) in [5.74, 6) is 1.38. The third-order valence-corrected chi connectivity index (χ3v) is 3.06. The van der Waals surface area contributed by atoms with Crippen molar-refractivity contribution in [3.8, 4) is 11.6 Å². The molecule has 3 nitrogen and oxygen atoms in total. The highest BCUT2D eigenvalue weighted by molar-refractivity contribution is 9.10. The van der Waals surface area contributed by atoms with Crippen LogP contribution < -0.4 is 10.1 Å². The molecule has 0 radical (unpaired) electrons. The Morgan fingerprint density at radius 2 is 2.11 bits per heavy atom. The minimum absolute atomic E-state index is 0.604. The fourth-order valence-electron chi connectivity index (χ4n) is 1.60. The van der Waals surface area contributed by atoms with E-state index in [2.05, 4.69) is 26.2 Å². The van der Waals surface area contributed by atoms with Crippen molar-refractivity contribution in [3.05, 3.63) is 52.1 Å². The van der Waals surface area contributed by atoms with Crippen LogP contribution in [0.1, 0.15) is 11.3 Å². The van der Waals surface area contributed by atoms with Crippen molar-refractivity contribution in [2.75, 3.05) is 7.05 Å². The Labute approximate surface area is 115 Å². The summed E-state index contributed by atoms with van der Waals surface area (Å²) in [6.45, 7) is 2.77. The van der Waals surface area contributed by atoms with E-state index in [1.54, 1.807) is 0 Å². The number of nitrogens with zero attached hydrogens (tertiary/aromatic N) is 1. The van der Waals surface area contributed by atoms with Gasteiger partial charge in [0, 0.05) is 12.6 Å². The Kier molecular flexibility index (Phi) is 4.33. The fraction of sp³-hybridized carbons (Fsp3) is 0.214. The first-order chi connectivity index (χ1) is 8.69. The summed E-state index contributed by atoms with van der Waals surface area (Å²) >= 11 is 3.49. The molecule has 2 aromatic rings. The number of hydrogen-bond donors (Lipinski definition) is 1. The number of ether oxygens (including phenoxy) is 1. The van der Waals surface area contributed by atoms with Crippen molar-refractivity contribution in [2.24, 2.45) is 0 Å². The molecule has 2 rings (SSSR count). The zero-order valence-corrected chi connectivity index (χ0v) is 12.0. The van der Waals surface area contributed by atoms with Gasteiger partial charge in [-0.25, -0.2) is 4.98 Å². The van der Waals surface area contributed by atoms with Crippen LogP contribution in [0.3, 0.4) is 0 Å². The third-order valence-electron chi connectivity index (χ3n) is 2.44. The van der Waals surface area contributed by atoms with Gasteiger partial charge >= 0.3 is 0 Å². The van der Waals surface area contributed by atoms with E-state index in [1.165, 1.54) is 5.56 Å². The predicted molar refractivity (Wildman–Crippen MR) is 76.0 cm³/mol. The lowest BCUT2D eigenvalue weighted by Gasteiger charge is -2.08. The van der Waals surface area contributed by atoms with Gasteiger partial charge in [-0.2, -0.15) is 0 Å². The van der Waals surface area contributed by atoms with Gasteiger partial charge in [-0.3, -0.25) is 0 Å². The minimum Gasteiger partial charge on any atom is -0.438 e. The highest BCUT2D eigenvalue weighted by Crippen LogP contribution is 2.29. The Morgan fingerprint density at radius 1 is 1.28 bits per heavy atom. The number of nitrogens with one attached hydrogen (secondary N) is 1. The van der Waals surface area contributed by atoms with E-state index in [4.69, 9.17) is 4.74 Å². The van der Waals surface area contributed by atoms with Crippen LogP contribution in [0, 0.1) is 6.92 Å². The molecule has 1 aromatic heterocycles. The summed E-state index contributed by atoms with van der Waals surface area (Å²) < 4.78 is 6.70. The van der Waals surface area contributed by atoms with Crippen molar-refractivity contribution in [1.82, 2.24) is 10.3 Å². The molecule has 0 saturated heterocycles. The van der Waals surface area contributed by atoms with Gasteiger partial charge in [0.05, 0.1) is 10.2 Å². The van der Waals surface area contributed by atoms with Crippen LogP contribution in [0.5, 0.6) is 11.6 Å². The average Bonchev–Trinajstić information content (AvgIpc) is 2.34. The van der Waals surface area contributed by atoms with Crippen LogP contribution in [0.25, 0.3) is 0 Å². The monoisotopic (exact) mass is 306 g/mol. The molecule has 0 fully saturated rings. The normalized spacial score (nSPS) is 10.4. The molecule has 0 unspecified atom stereocenters. The number of aromatic nitrogens is 1. The molecule has 0 aliphatic rings. The maximum absolute atomic E-state index is 5.77. The Bertz CT molecular complexity index is 543. The number of halogens is 1. The molecule has 0 saturated carbocycles. The molecule has 94 valence electrons. The summed E-state index contributed by atoms with van der Waals surface area (Å²) in [5.41, 5.74) is 2.14. The van der Waals surface area contributed by atoms with Gasteiger partial charge in [0.2, 0.25) is 5.88 Å². The largest absolute Gasteiger partial charge is 0.438 e. The topological polar surface area (TPSA) is 34.1 Å². The van der Waals surface area contributed by atoms with Gasteiger partial charge < -0.3 is 10.1 Å². The predicted octanol–water partition coefficient (Wildman–Crippen LogP) is 3.66. The zero-order chi connectivity index (χ0) is 13.0. The first kappa shape index (κ1) is 13.1. The van der Waals surface area contributed by atoms with E-state index < -0.39 is 0 Å². The third kappa shape index (κ3) is 3.31. The van der Waals surface area contributed by atoms with E-state index in [-0.39, 0.29) is 0 Å². The summed E-state index contributed by atoms with van der Waals surface area (Å²) in [7, 11) is 1.89. The van der Waals surface area contributed by atoms with Crippen molar-refractivity contribution in [2.45, 2.75) is 13.5 Å². The van der Waals surface area contributed by atoms with Crippen molar-refractivity contribution in [1.29, 1.82) is 0 Å². The van der Waals surface area contributed by atoms with Gasteiger partial charge in [0.1, 0.15) is 5.75 Å². The second-order valence-corrected chi connectivity index (χ2v) is 4.89. The van der Waals surface area contributed by atoms with Crippen LogP contribution in [-0.2, 0) is 6.54 Å². The summed E-state index contributed by atoms with van der Waals surface area (Å²) in [4.78, 5) is 4.42. The van der Waals surface area contributed by atoms with Gasteiger partial charge in [0.15, 0.2) is 0 Å². The van der Waals surface area contributed by atoms with Crippen molar-refractivity contribution < 1.29 is 4.74 Å². The lowest BCUT2D eigenvalue weighted by atomic mass is 10.2. The molecule has 0 amide bonds. The van der Waals surface area contributed by atoms with Crippen molar-refractivity contribution in [3.63, 3.8) is 0 Å². The number of aryl methyl sites for hydroxylation is 1. The number of rotatable bonds is 4.